The number of nitrogens with zero attached hydrogens (tertiary/aromatic N) is 1. The van der Waals surface area contributed by atoms with Gasteiger partial charge in [-0.3, -0.25) is 4.79 Å². The minimum absolute atomic E-state index is 0.00460. The van der Waals surface area contributed by atoms with Gasteiger partial charge in [0.1, 0.15) is 0 Å². The Kier molecular flexibility index (Phi) is 7.67. The van der Waals surface area contributed by atoms with Crippen molar-refractivity contribution >= 4 is 15.9 Å². The summed E-state index contributed by atoms with van der Waals surface area (Å²) >= 11 is 0. The lowest BCUT2D eigenvalue weighted by molar-refractivity contribution is -0.126. The highest BCUT2D eigenvalue weighted by molar-refractivity contribution is 7.89. The lowest BCUT2D eigenvalue weighted by atomic mass is 9.94. The van der Waals surface area contributed by atoms with Crippen molar-refractivity contribution in [2.75, 3.05) is 18.8 Å². The zero-order valence-corrected chi connectivity index (χ0v) is 18.7. The van der Waals surface area contributed by atoms with Gasteiger partial charge < -0.3 is 5.32 Å². The van der Waals surface area contributed by atoms with Crippen LogP contribution in [0.15, 0.2) is 54.6 Å². The zero-order valence-electron chi connectivity index (χ0n) is 17.9. The first kappa shape index (κ1) is 22.5. The number of unbranched alkanes of at least 4 members (excludes halogenated alkanes) is 1. The number of aryl methyl sites for hydroxylation is 1. The smallest absolute Gasteiger partial charge is 0.223 e. The number of sulfonamides is 1. The molecule has 162 valence electrons. The molecule has 1 N–H and O–H groups in total. The number of carbonyl (C=O) groups excluding carboxylic acids is 1. The summed E-state index contributed by atoms with van der Waals surface area (Å²) in [4.78, 5) is 13.1. The second-order valence-electron chi connectivity index (χ2n) is 8.11. The van der Waals surface area contributed by atoms with Gasteiger partial charge in [0.05, 0.1) is 11.8 Å². The molecule has 2 aromatic rings. The quantitative estimate of drug-likeness (QED) is 0.690. The van der Waals surface area contributed by atoms with Gasteiger partial charge >= 0.3 is 0 Å². The van der Waals surface area contributed by atoms with E-state index >= 15 is 0 Å². The third kappa shape index (κ3) is 5.70. The molecule has 0 aliphatic carbocycles. The number of hydrogen-bond acceptors (Lipinski definition) is 3. The highest BCUT2D eigenvalue weighted by Crippen LogP contribution is 2.26. The SMILES string of the molecule is CCCCS(=O)(=O)N1CCC(C(=O)NC(c2ccccc2)c2ccc(C)cc2)CC1. The number of amides is 1. The van der Waals surface area contributed by atoms with Crippen LogP contribution in [0.3, 0.4) is 0 Å². The number of rotatable bonds is 8. The van der Waals surface area contributed by atoms with Crippen molar-refractivity contribution in [1.82, 2.24) is 9.62 Å². The van der Waals surface area contributed by atoms with Crippen molar-refractivity contribution in [1.29, 1.82) is 0 Å². The highest BCUT2D eigenvalue weighted by Gasteiger charge is 2.31. The molecule has 5 nitrogen and oxygen atoms in total. The van der Waals surface area contributed by atoms with E-state index in [0.29, 0.717) is 32.4 Å². The van der Waals surface area contributed by atoms with E-state index in [4.69, 9.17) is 0 Å². The van der Waals surface area contributed by atoms with Gasteiger partial charge in [0, 0.05) is 19.0 Å². The van der Waals surface area contributed by atoms with Crippen LogP contribution in [0, 0.1) is 12.8 Å². The van der Waals surface area contributed by atoms with E-state index in [1.54, 1.807) is 4.31 Å². The van der Waals surface area contributed by atoms with Gasteiger partial charge in [-0.25, -0.2) is 12.7 Å². The molecule has 0 aromatic heterocycles. The highest BCUT2D eigenvalue weighted by atomic mass is 32.2. The first-order chi connectivity index (χ1) is 14.4. The minimum Gasteiger partial charge on any atom is -0.345 e. The Balaban J connectivity index is 1.68. The van der Waals surface area contributed by atoms with Gasteiger partial charge in [-0.2, -0.15) is 0 Å². The molecule has 1 aliphatic rings. The van der Waals surface area contributed by atoms with E-state index in [2.05, 4.69) is 29.6 Å². The Hall–Kier alpha value is -2.18. The fraction of sp³-hybridized carbons (Fsp3) is 0.458. The molecule has 0 bridgehead atoms. The molecule has 1 fully saturated rings. The average molecular weight is 429 g/mol. The van der Waals surface area contributed by atoms with Crippen LogP contribution in [0.25, 0.3) is 0 Å². The number of piperidine rings is 1. The molecule has 1 unspecified atom stereocenters. The summed E-state index contributed by atoms with van der Waals surface area (Å²) in [5, 5.41) is 3.22. The Morgan fingerprint density at radius 2 is 1.63 bits per heavy atom. The van der Waals surface area contributed by atoms with Crippen LogP contribution >= 0.6 is 0 Å². The zero-order chi connectivity index (χ0) is 21.6. The summed E-state index contributed by atoms with van der Waals surface area (Å²) in [5.74, 6) is 0.0264. The van der Waals surface area contributed by atoms with Gasteiger partial charge in [0.25, 0.3) is 0 Å². The molecule has 30 heavy (non-hydrogen) atoms. The molecule has 1 saturated heterocycles. The average Bonchev–Trinajstić information content (AvgIpc) is 2.77. The molecule has 1 amide bonds. The Morgan fingerprint density at radius 3 is 2.23 bits per heavy atom. The predicted octanol–water partition coefficient (Wildman–Crippen LogP) is 4.04. The summed E-state index contributed by atoms with van der Waals surface area (Å²) < 4.78 is 26.4. The third-order valence-corrected chi connectivity index (χ3v) is 7.76. The molecular formula is C24H32N2O3S. The molecule has 1 heterocycles. The Morgan fingerprint density at radius 1 is 1.03 bits per heavy atom. The normalized spacial score (nSPS) is 16.9. The van der Waals surface area contributed by atoms with Crippen LogP contribution < -0.4 is 5.32 Å². The Labute approximate surface area is 180 Å². The second kappa shape index (κ2) is 10.2. The maximum Gasteiger partial charge on any atom is 0.223 e. The van der Waals surface area contributed by atoms with E-state index in [1.807, 2.05) is 44.2 Å². The van der Waals surface area contributed by atoms with E-state index in [0.717, 1.165) is 17.5 Å². The van der Waals surface area contributed by atoms with Crippen LogP contribution in [0.2, 0.25) is 0 Å². The summed E-state index contributed by atoms with van der Waals surface area (Å²) in [6, 6.07) is 17.9. The largest absolute Gasteiger partial charge is 0.345 e. The van der Waals surface area contributed by atoms with Crippen molar-refractivity contribution in [3.8, 4) is 0 Å². The molecule has 0 saturated carbocycles. The summed E-state index contributed by atoms with van der Waals surface area (Å²) in [5.41, 5.74) is 3.25. The maximum absolute atomic E-state index is 13.1. The van der Waals surface area contributed by atoms with E-state index in [9.17, 15) is 13.2 Å². The van der Waals surface area contributed by atoms with Crippen molar-refractivity contribution in [2.45, 2.75) is 45.6 Å². The van der Waals surface area contributed by atoms with Gasteiger partial charge in [0.2, 0.25) is 15.9 Å². The first-order valence-electron chi connectivity index (χ1n) is 10.8. The first-order valence-corrected chi connectivity index (χ1v) is 12.4. The molecule has 6 heteroatoms. The van der Waals surface area contributed by atoms with E-state index in [-0.39, 0.29) is 23.6 Å². The molecule has 0 radical (unpaired) electrons. The number of hydrogen-bond donors (Lipinski definition) is 1. The Bertz CT molecular complexity index is 919. The van der Waals surface area contributed by atoms with Crippen molar-refractivity contribution < 1.29 is 13.2 Å². The van der Waals surface area contributed by atoms with Crippen LogP contribution in [0.5, 0.6) is 0 Å². The van der Waals surface area contributed by atoms with Crippen LogP contribution in [0.1, 0.15) is 55.3 Å². The van der Waals surface area contributed by atoms with Gasteiger partial charge in [0.15, 0.2) is 0 Å². The van der Waals surface area contributed by atoms with Gasteiger partial charge in [-0.1, -0.05) is 73.5 Å². The van der Waals surface area contributed by atoms with Crippen molar-refractivity contribution in [3.05, 3.63) is 71.3 Å². The fourth-order valence-electron chi connectivity index (χ4n) is 3.88. The van der Waals surface area contributed by atoms with E-state index in [1.165, 1.54) is 5.56 Å². The molecule has 0 spiro atoms. The lowest BCUT2D eigenvalue weighted by Gasteiger charge is -2.31. The number of nitrogens with one attached hydrogen (secondary N) is 1. The van der Waals surface area contributed by atoms with Crippen molar-refractivity contribution in [3.63, 3.8) is 0 Å². The second-order valence-corrected chi connectivity index (χ2v) is 10.2. The summed E-state index contributed by atoms with van der Waals surface area (Å²) in [7, 11) is -3.21. The predicted molar refractivity (Wildman–Crippen MR) is 121 cm³/mol. The summed E-state index contributed by atoms with van der Waals surface area (Å²) in [6.07, 6.45) is 2.66. The third-order valence-electron chi connectivity index (χ3n) is 5.80. The molecule has 1 aliphatic heterocycles. The molecule has 3 rings (SSSR count). The number of benzene rings is 2. The standard InChI is InChI=1S/C24H32N2O3S/c1-3-4-18-30(28,29)26-16-14-22(15-17-26)24(27)25-23(20-8-6-5-7-9-20)21-12-10-19(2)11-13-21/h5-13,22-23H,3-4,14-18H2,1-2H3,(H,25,27). The van der Waals surface area contributed by atoms with Crippen LogP contribution in [-0.4, -0.2) is 37.5 Å². The van der Waals surface area contributed by atoms with Gasteiger partial charge in [-0.05, 0) is 37.3 Å². The lowest BCUT2D eigenvalue weighted by Crippen LogP contribution is -2.44. The molecule has 2 aromatic carbocycles. The van der Waals surface area contributed by atoms with Crippen LogP contribution in [0.4, 0.5) is 0 Å². The number of carbonyl (C=O) groups is 1. The van der Waals surface area contributed by atoms with Gasteiger partial charge in [-0.15, -0.1) is 0 Å². The fourth-order valence-corrected chi connectivity index (χ4v) is 5.55. The topological polar surface area (TPSA) is 66.5 Å². The van der Waals surface area contributed by atoms with E-state index < -0.39 is 10.0 Å². The van der Waals surface area contributed by atoms with Crippen LogP contribution in [-0.2, 0) is 14.8 Å². The summed E-state index contributed by atoms with van der Waals surface area (Å²) in [6.45, 7) is 4.88. The molecule has 1 atom stereocenters. The molecular weight excluding hydrogens is 396 g/mol. The monoisotopic (exact) mass is 428 g/mol. The maximum atomic E-state index is 13.1. The van der Waals surface area contributed by atoms with Crippen molar-refractivity contribution in [2.24, 2.45) is 5.92 Å². The minimum atomic E-state index is -3.21.